The Morgan fingerprint density at radius 1 is 0.976 bits per heavy atom. The number of rotatable bonds is 6. The minimum absolute atomic E-state index is 0.0572. The SMILES string of the molecule is C[C@H]1CC[C@H](Cn2c(N3CCOC[C@H]3c3ccccc3)nc3nc(-c4n[nH]c(=O)o4)nc(C4CCCCC4)c32)CC1. The highest BCUT2D eigenvalue weighted by Crippen LogP contribution is 2.40. The van der Waals surface area contributed by atoms with Gasteiger partial charge in [-0.25, -0.2) is 19.9 Å². The van der Waals surface area contributed by atoms with E-state index in [2.05, 4.69) is 56.9 Å². The number of anilines is 1. The van der Waals surface area contributed by atoms with Gasteiger partial charge < -0.3 is 18.6 Å². The molecule has 0 spiro atoms. The number of nitrogens with zero attached hydrogens (tertiary/aromatic N) is 6. The minimum atomic E-state index is -0.611. The molecule has 10 nitrogen and oxygen atoms in total. The molecule has 3 aliphatic rings. The van der Waals surface area contributed by atoms with Crippen molar-refractivity contribution in [1.29, 1.82) is 0 Å². The van der Waals surface area contributed by atoms with E-state index in [0.717, 1.165) is 49.0 Å². The molecule has 0 amide bonds. The molecule has 1 aromatic carbocycles. The van der Waals surface area contributed by atoms with Crippen LogP contribution in [-0.2, 0) is 11.3 Å². The van der Waals surface area contributed by atoms with Crippen molar-refractivity contribution in [2.45, 2.75) is 83.2 Å². The Hall–Kier alpha value is -3.53. The van der Waals surface area contributed by atoms with Gasteiger partial charge in [0.25, 0.3) is 5.89 Å². The molecule has 7 rings (SSSR count). The fourth-order valence-corrected chi connectivity index (χ4v) is 7.09. The zero-order valence-electron chi connectivity index (χ0n) is 23.8. The summed E-state index contributed by atoms with van der Waals surface area (Å²) in [6.07, 6.45) is 10.8. The van der Waals surface area contributed by atoms with Gasteiger partial charge in [-0.1, -0.05) is 69.4 Å². The van der Waals surface area contributed by atoms with Gasteiger partial charge in [-0.15, -0.1) is 5.10 Å². The Bertz CT molecular complexity index is 1530. The summed E-state index contributed by atoms with van der Waals surface area (Å²) < 4.78 is 13.7. The lowest BCUT2D eigenvalue weighted by atomic mass is 9.83. The van der Waals surface area contributed by atoms with Crippen molar-refractivity contribution < 1.29 is 9.15 Å². The standard InChI is InChI=1S/C31H39N7O3/c1-20-12-14-21(15-13-20)18-38-26-25(23-10-6-3-7-11-23)32-28(29-35-36-31(39)41-29)33-27(26)34-30(38)37-16-17-40-19-24(37)22-8-4-2-5-9-22/h2,4-5,8-9,20-21,23-24H,3,6-7,10-19H2,1H3,(H,36,39)/t20-,21-,24-/m0/s1. The highest BCUT2D eigenvalue weighted by atomic mass is 16.5. The first-order valence-electron chi connectivity index (χ1n) is 15.4. The molecule has 1 saturated heterocycles. The quantitative estimate of drug-likeness (QED) is 0.325. The predicted molar refractivity (Wildman–Crippen MR) is 156 cm³/mol. The van der Waals surface area contributed by atoms with E-state index in [4.69, 9.17) is 24.1 Å². The van der Waals surface area contributed by atoms with Crippen LogP contribution in [0.25, 0.3) is 22.9 Å². The molecule has 10 heteroatoms. The van der Waals surface area contributed by atoms with Crippen LogP contribution in [0.4, 0.5) is 5.95 Å². The van der Waals surface area contributed by atoms with E-state index in [1.807, 2.05) is 0 Å². The van der Waals surface area contributed by atoms with Crippen molar-refractivity contribution in [2.75, 3.05) is 24.7 Å². The number of aromatic amines is 1. The van der Waals surface area contributed by atoms with Gasteiger partial charge in [-0.05, 0) is 43.1 Å². The summed E-state index contributed by atoms with van der Waals surface area (Å²) in [5.74, 6) is 2.44. The fraction of sp³-hybridized carbons (Fsp3) is 0.581. The highest BCUT2D eigenvalue weighted by molar-refractivity contribution is 5.80. The van der Waals surface area contributed by atoms with Crippen LogP contribution in [0, 0.1) is 11.8 Å². The topological polar surface area (TPSA) is 115 Å². The smallest absolute Gasteiger partial charge is 0.384 e. The third kappa shape index (κ3) is 5.29. The molecular weight excluding hydrogens is 518 g/mol. The summed E-state index contributed by atoms with van der Waals surface area (Å²) in [5, 5.41) is 6.42. The van der Waals surface area contributed by atoms with Gasteiger partial charge in [0.1, 0.15) is 5.52 Å². The second-order valence-corrected chi connectivity index (χ2v) is 12.2. The number of hydrogen-bond donors (Lipinski definition) is 1. The number of H-pyrrole nitrogens is 1. The molecule has 1 atom stereocenters. The maximum Gasteiger partial charge on any atom is 0.434 e. The van der Waals surface area contributed by atoms with E-state index in [0.29, 0.717) is 36.5 Å². The van der Waals surface area contributed by atoms with E-state index >= 15 is 0 Å². The first-order valence-corrected chi connectivity index (χ1v) is 15.4. The van der Waals surface area contributed by atoms with Crippen LogP contribution in [-0.4, -0.2) is 49.5 Å². The third-order valence-corrected chi connectivity index (χ3v) is 9.38. The molecule has 3 fully saturated rings. The Labute approximate surface area is 239 Å². The Morgan fingerprint density at radius 2 is 1.78 bits per heavy atom. The molecule has 216 valence electrons. The van der Waals surface area contributed by atoms with E-state index in [1.165, 1.54) is 50.5 Å². The Kier molecular flexibility index (Phi) is 7.33. The number of imidazole rings is 1. The second kappa shape index (κ2) is 11.4. The minimum Gasteiger partial charge on any atom is -0.384 e. The normalized spacial score (nSPS) is 24.2. The lowest BCUT2D eigenvalue weighted by molar-refractivity contribution is 0.0927. The third-order valence-electron chi connectivity index (χ3n) is 9.38. The molecule has 41 heavy (non-hydrogen) atoms. The molecule has 2 saturated carbocycles. The van der Waals surface area contributed by atoms with Crippen molar-refractivity contribution >= 4 is 17.1 Å². The first-order chi connectivity index (χ1) is 20.1. The lowest BCUT2D eigenvalue weighted by Crippen LogP contribution is -2.41. The monoisotopic (exact) mass is 557 g/mol. The van der Waals surface area contributed by atoms with Crippen LogP contribution in [0.5, 0.6) is 0 Å². The van der Waals surface area contributed by atoms with Crippen LogP contribution < -0.4 is 10.7 Å². The summed E-state index contributed by atoms with van der Waals surface area (Å²) in [4.78, 5) is 29.4. The maximum atomic E-state index is 11.8. The fourth-order valence-electron chi connectivity index (χ4n) is 7.09. The number of benzene rings is 1. The molecule has 1 N–H and O–H groups in total. The van der Waals surface area contributed by atoms with Gasteiger partial charge in [0.15, 0.2) is 5.65 Å². The van der Waals surface area contributed by atoms with Gasteiger partial charge in [0.05, 0.1) is 24.9 Å². The van der Waals surface area contributed by atoms with Gasteiger partial charge in [-0.2, -0.15) is 4.98 Å². The van der Waals surface area contributed by atoms with Crippen LogP contribution in [0.3, 0.4) is 0 Å². The van der Waals surface area contributed by atoms with Crippen LogP contribution in [0.15, 0.2) is 39.5 Å². The molecule has 0 unspecified atom stereocenters. The number of morpholine rings is 1. The number of ether oxygens (including phenoxy) is 1. The number of hydrogen-bond acceptors (Lipinski definition) is 8. The largest absolute Gasteiger partial charge is 0.434 e. The Balaban J connectivity index is 1.41. The maximum absolute atomic E-state index is 11.8. The van der Waals surface area contributed by atoms with Gasteiger partial charge in [0, 0.05) is 19.0 Å². The second-order valence-electron chi connectivity index (χ2n) is 12.2. The summed E-state index contributed by atoms with van der Waals surface area (Å²) >= 11 is 0. The number of nitrogens with one attached hydrogen (secondary N) is 1. The summed E-state index contributed by atoms with van der Waals surface area (Å²) in [5.41, 5.74) is 3.92. The van der Waals surface area contributed by atoms with Crippen LogP contribution >= 0.6 is 0 Å². The van der Waals surface area contributed by atoms with Crippen molar-refractivity contribution in [3.63, 3.8) is 0 Å². The van der Waals surface area contributed by atoms with Crippen molar-refractivity contribution in [3.05, 3.63) is 52.1 Å². The van der Waals surface area contributed by atoms with Crippen molar-refractivity contribution in [2.24, 2.45) is 11.8 Å². The first kappa shape index (κ1) is 26.4. The van der Waals surface area contributed by atoms with Crippen LogP contribution in [0.2, 0.25) is 0 Å². The molecule has 1 aliphatic heterocycles. The summed E-state index contributed by atoms with van der Waals surface area (Å²) in [6.45, 7) is 5.28. The van der Waals surface area contributed by atoms with E-state index in [9.17, 15) is 4.79 Å². The van der Waals surface area contributed by atoms with Crippen LogP contribution in [0.1, 0.15) is 87.9 Å². The molecule has 3 aromatic heterocycles. The summed E-state index contributed by atoms with van der Waals surface area (Å²) in [7, 11) is 0. The molecule has 0 bridgehead atoms. The molecular formula is C31H39N7O3. The lowest BCUT2D eigenvalue weighted by Gasteiger charge is -2.37. The van der Waals surface area contributed by atoms with E-state index in [1.54, 1.807) is 0 Å². The molecule has 0 radical (unpaired) electrons. The zero-order valence-corrected chi connectivity index (χ0v) is 23.8. The average Bonchev–Trinajstić information content (AvgIpc) is 3.62. The summed E-state index contributed by atoms with van der Waals surface area (Å²) in [6, 6.07) is 10.6. The number of fused-ring (bicyclic) bond motifs is 1. The van der Waals surface area contributed by atoms with Crippen molar-refractivity contribution in [1.82, 2.24) is 29.7 Å². The average molecular weight is 558 g/mol. The highest BCUT2D eigenvalue weighted by Gasteiger charge is 2.33. The Morgan fingerprint density at radius 3 is 2.54 bits per heavy atom. The number of aromatic nitrogens is 6. The molecule has 2 aliphatic carbocycles. The van der Waals surface area contributed by atoms with E-state index in [-0.39, 0.29) is 11.9 Å². The zero-order chi connectivity index (χ0) is 27.8. The van der Waals surface area contributed by atoms with Gasteiger partial charge >= 0.3 is 5.76 Å². The van der Waals surface area contributed by atoms with E-state index < -0.39 is 5.76 Å². The predicted octanol–water partition coefficient (Wildman–Crippen LogP) is 5.62. The molecule has 4 aromatic rings. The van der Waals surface area contributed by atoms with Gasteiger partial charge in [-0.3, -0.25) is 0 Å². The van der Waals surface area contributed by atoms with Gasteiger partial charge in [0.2, 0.25) is 11.8 Å². The van der Waals surface area contributed by atoms with Crippen molar-refractivity contribution in [3.8, 4) is 11.7 Å². The molecule has 4 heterocycles.